The van der Waals surface area contributed by atoms with Crippen LogP contribution in [0.15, 0.2) is 115 Å². The number of ether oxygens (including phenoxy) is 9. The number of phenols is 4. The molecule has 27 N–H and O–H groups in total. The average Bonchev–Trinajstić information content (AvgIpc) is 0.753. The predicted octanol–water partition coefficient (Wildman–Crippen LogP) is 0.00980. The summed E-state index contributed by atoms with van der Waals surface area (Å²) in [5.41, 5.74) is 9.24. The molecule has 3 fully saturated rings. The number of phenolic OH excluding ortho intramolecular Hbond substituents is 4. The van der Waals surface area contributed by atoms with Crippen LogP contribution in [0.1, 0.15) is 135 Å². The van der Waals surface area contributed by atoms with Crippen LogP contribution in [0.25, 0.3) is 11.1 Å². The van der Waals surface area contributed by atoms with Gasteiger partial charge in [0, 0.05) is 56.1 Å². The standard InChI is InChI=1S/C90H103Cl2N11O32/c1-35(2)8-6-4-5-7-9-62(112)98-70-76(117)73(114)60(33-105)132-89(70)135-80-57-27-42-28-58(80)129-54-17-13-40(25-49(54)92)79(134-88-69(96-36(3)107)75(116)72(113)59(32-104)131-88)71-87(126)102-68(83(122)95-19-18-93)47-30-44(109)31-56(130-90-78(119)77(118)74(115)61(34-106)133-90)63(47)46-24-39(12-14-51(46)110)65(84(123)103-71)100-86(125)67(42)101-85(124)66-41-22-43(108)29-45(23-41)127-55-26-38(11-15-52(55)111)64(94)82(121)97-50(81(120)99-66)21-37-10-16-53(128-57)48(91)20-37/h10-17,20,22-31,35,50,59-61,64-79,88-90,104-106,108-111,113-119H,4-9,18-19,21,32-34,93-94H2,1-3H3,(H,95,122)(H,96,107)(H,97,121)(H,98,112)(H,99,120)(H,100,125)(H,101,124)(H,102,126)(H,103,123)/t50-,59+,60+,61-,64-,65-,66+,67-,68+,69+,70+,71+,72-,73-,74-,75-,76-,77-,78+,79-,88+,89+,90+/m1/s1. The normalized spacial score (nSPS) is 28.5. The summed E-state index contributed by atoms with van der Waals surface area (Å²) in [6.45, 7) is 1.36. The third-order valence-corrected chi connectivity index (χ3v) is 24.4. The smallest absolute Gasteiger partial charge is 0.248 e. The lowest BCUT2D eigenvalue weighted by atomic mass is 9.89. The molecule has 9 aliphatic rings. The highest BCUT2D eigenvalue weighted by Gasteiger charge is 2.52. The maximum absolute atomic E-state index is 17.1. The van der Waals surface area contributed by atoms with E-state index in [-0.39, 0.29) is 64.0 Å². The fraction of sp³-hybridized carbons (Fsp3) is 0.433. The Kier molecular flexibility index (Phi) is 31.1. The van der Waals surface area contributed by atoms with Gasteiger partial charge in [0.15, 0.2) is 29.3 Å². The molecule has 9 heterocycles. The number of unbranched alkanes of at least 4 members (excludes halogenated alkanes) is 3. The van der Waals surface area contributed by atoms with Crippen LogP contribution < -0.4 is 83.0 Å². The Bertz CT molecular complexity index is 5630. The minimum Gasteiger partial charge on any atom is -0.508 e. The second-order valence-corrected chi connectivity index (χ2v) is 34.7. The maximum atomic E-state index is 17.1. The van der Waals surface area contributed by atoms with E-state index in [1.54, 1.807) is 0 Å². The molecule has 0 radical (unpaired) electrons. The second-order valence-electron chi connectivity index (χ2n) is 33.9. The molecule has 7 aromatic carbocycles. The van der Waals surface area contributed by atoms with Crippen LogP contribution >= 0.6 is 23.2 Å². The van der Waals surface area contributed by atoms with Crippen molar-refractivity contribution in [2.75, 3.05) is 32.9 Å². The maximum Gasteiger partial charge on any atom is 0.248 e. The largest absolute Gasteiger partial charge is 0.508 e. The molecule has 23 atom stereocenters. The van der Waals surface area contributed by atoms with Gasteiger partial charge in [0.2, 0.25) is 71.5 Å². The van der Waals surface area contributed by atoms with Crippen molar-refractivity contribution >= 4 is 76.4 Å². The van der Waals surface area contributed by atoms with Crippen LogP contribution in [0.2, 0.25) is 10.0 Å². The minimum atomic E-state index is -2.53. The number of aromatic hydroxyl groups is 4. The van der Waals surface area contributed by atoms with Crippen LogP contribution in [0.3, 0.4) is 0 Å². The van der Waals surface area contributed by atoms with Crippen molar-refractivity contribution in [3.05, 3.63) is 164 Å². The molecule has 9 aliphatic heterocycles. The van der Waals surface area contributed by atoms with Gasteiger partial charge in [-0.2, -0.15) is 0 Å². The number of carbonyl (C=O) groups excluding carboxylic acids is 9. The zero-order chi connectivity index (χ0) is 97.0. The van der Waals surface area contributed by atoms with Crippen molar-refractivity contribution in [1.82, 2.24) is 47.9 Å². The number of rotatable bonds is 21. The number of hydrogen-bond donors (Lipinski definition) is 25. The summed E-state index contributed by atoms with van der Waals surface area (Å²) in [4.78, 5) is 140. The van der Waals surface area contributed by atoms with Crippen molar-refractivity contribution in [3.8, 4) is 80.1 Å². The van der Waals surface area contributed by atoms with Gasteiger partial charge in [-0.05, 0) is 130 Å². The summed E-state index contributed by atoms with van der Waals surface area (Å²) in [5, 5.41) is 183. The summed E-state index contributed by atoms with van der Waals surface area (Å²) in [5.74, 6) is -17.8. The van der Waals surface area contributed by atoms with Gasteiger partial charge in [0.25, 0.3) is 0 Å². The second kappa shape index (κ2) is 42.4. The van der Waals surface area contributed by atoms with Gasteiger partial charge < -0.3 is 173 Å². The molecule has 16 rings (SSSR count). The first-order chi connectivity index (χ1) is 64.4. The highest BCUT2D eigenvalue weighted by molar-refractivity contribution is 6.32. The number of benzene rings is 7. The zero-order valence-corrected chi connectivity index (χ0v) is 73.8. The van der Waals surface area contributed by atoms with Crippen LogP contribution in [-0.2, 0) is 68.5 Å². The Hall–Kier alpha value is -12.1. The number of hydrogen-bond acceptors (Lipinski definition) is 34. The third kappa shape index (κ3) is 21.9. The van der Waals surface area contributed by atoms with E-state index in [1.165, 1.54) is 30.3 Å². The van der Waals surface area contributed by atoms with E-state index >= 15 is 28.8 Å². The van der Waals surface area contributed by atoms with E-state index in [9.17, 15) is 85.9 Å². The van der Waals surface area contributed by atoms with Crippen molar-refractivity contribution in [3.63, 3.8) is 0 Å². The molecule has 9 amide bonds. The van der Waals surface area contributed by atoms with Gasteiger partial charge >= 0.3 is 0 Å². The monoisotopic (exact) mass is 1920 g/mol. The Labute approximate surface area is 778 Å². The molecular formula is C90H103Cl2N11O32. The molecule has 0 unspecified atom stereocenters. The van der Waals surface area contributed by atoms with E-state index in [0.717, 1.165) is 111 Å². The first-order valence-corrected chi connectivity index (χ1v) is 44.0. The summed E-state index contributed by atoms with van der Waals surface area (Å²) < 4.78 is 58.0. The van der Waals surface area contributed by atoms with E-state index < -0.39 is 304 Å². The molecule has 43 nitrogen and oxygen atoms in total. The Morgan fingerprint density at radius 2 is 1.07 bits per heavy atom. The highest BCUT2D eigenvalue weighted by atomic mass is 35.5. The number of nitrogens with two attached hydrogens (primary N) is 2. The number of nitrogens with one attached hydrogen (secondary N) is 9. The lowest BCUT2D eigenvalue weighted by Gasteiger charge is -2.44. The summed E-state index contributed by atoms with van der Waals surface area (Å²) in [6.07, 6.45) is -25.7. The summed E-state index contributed by atoms with van der Waals surface area (Å²) in [6, 6.07) is 1.64. The molecule has 0 spiro atoms. The molecule has 724 valence electrons. The van der Waals surface area contributed by atoms with Crippen LogP contribution in [-0.4, -0.2) is 262 Å². The van der Waals surface area contributed by atoms with Crippen LogP contribution in [0, 0.1) is 5.92 Å². The summed E-state index contributed by atoms with van der Waals surface area (Å²) in [7, 11) is 0. The zero-order valence-electron chi connectivity index (χ0n) is 72.3. The number of amides is 9. The lowest BCUT2D eigenvalue weighted by Crippen LogP contribution is -2.65. The highest BCUT2D eigenvalue weighted by Crippen LogP contribution is 2.51. The van der Waals surface area contributed by atoms with Crippen molar-refractivity contribution in [2.24, 2.45) is 17.4 Å². The molecular weight excluding hydrogens is 1820 g/mol. The number of aliphatic hydroxyl groups excluding tert-OH is 10. The van der Waals surface area contributed by atoms with Crippen molar-refractivity contribution < 1.29 is 157 Å². The Morgan fingerprint density at radius 1 is 0.511 bits per heavy atom. The van der Waals surface area contributed by atoms with E-state index in [4.69, 9.17) is 77.3 Å². The van der Waals surface area contributed by atoms with Gasteiger partial charge in [-0.3, -0.25) is 43.2 Å². The topological polar surface area (TPSA) is 680 Å². The molecule has 45 heteroatoms. The van der Waals surface area contributed by atoms with Gasteiger partial charge in [0.1, 0.15) is 162 Å². The fourth-order valence-corrected chi connectivity index (χ4v) is 17.3. The summed E-state index contributed by atoms with van der Waals surface area (Å²) >= 11 is 14.8. The van der Waals surface area contributed by atoms with Gasteiger partial charge in [-0.25, -0.2) is 0 Å². The SMILES string of the molecule is CC(=O)N[C@@H]1[C@H](O[C@@H]2c3ccc(c(Cl)c3)Oc3cc4cc(c3O[C@@H]3O[C@@H](CO)[C@@H](O)[C@H](O)[C@@H]3NC(=O)CCCCCCC(C)C)Oc3ccc(cc3Cl)C[C@H]3NC(=O)[C@H](N)c5ccc(O)c(c5)Oc5cc(O)cc(c5)[C@H](NC3=O)C(=O)N[C@H]4C(=O)N[C@H]3C(=O)N[C@@H]2C(=O)N[C@H](C(=O)NCCN)c2cc(O)cc(O[C@H]4O[C@H](CO)[C@@H](O)[C@@H](O)[C@@H]4O)c2-c2cc3ccc2O)O[C@@H](CO)[C@@H](O)[C@@H]1O. The van der Waals surface area contributed by atoms with Gasteiger partial charge in [0.05, 0.1) is 29.9 Å². The molecule has 0 saturated carbocycles. The van der Waals surface area contributed by atoms with E-state index in [1.807, 2.05) is 0 Å². The van der Waals surface area contributed by atoms with Crippen molar-refractivity contribution in [1.29, 1.82) is 0 Å². The lowest BCUT2D eigenvalue weighted by molar-refractivity contribution is -0.284. The number of fused-ring (bicyclic) bond motifs is 14. The quantitative estimate of drug-likeness (QED) is 0.0421. The minimum absolute atomic E-state index is 0.0308. The number of halogens is 2. The molecule has 0 aliphatic carbocycles. The fourth-order valence-electron chi connectivity index (χ4n) is 16.8. The van der Waals surface area contributed by atoms with Crippen molar-refractivity contribution in [2.45, 2.75) is 206 Å². The first-order valence-electron chi connectivity index (χ1n) is 43.2. The molecule has 7 aromatic rings. The first kappa shape index (κ1) is 98.9. The number of carbonyl (C=O) groups is 9. The average molecular weight is 1920 g/mol. The van der Waals surface area contributed by atoms with Crippen LogP contribution in [0.4, 0.5) is 0 Å². The Morgan fingerprint density at radius 3 is 1.71 bits per heavy atom. The predicted molar refractivity (Wildman–Crippen MR) is 468 cm³/mol. The van der Waals surface area contributed by atoms with Crippen LogP contribution in [0.5, 0.6) is 69.0 Å². The molecule has 135 heavy (non-hydrogen) atoms. The van der Waals surface area contributed by atoms with E-state index in [2.05, 4.69) is 61.7 Å². The number of aliphatic hydroxyl groups is 10. The molecule has 3 saturated heterocycles. The molecule has 0 aromatic heterocycles. The van der Waals surface area contributed by atoms with Gasteiger partial charge in [-0.15, -0.1) is 0 Å². The van der Waals surface area contributed by atoms with Gasteiger partial charge in [-0.1, -0.05) is 87.0 Å². The molecule has 17 bridgehead atoms. The van der Waals surface area contributed by atoms with E-state index in [0.29, 0.717) is 18.8 Å². The third-order valence-electron chi connectivity index (χ3n) is 23.8. The Balaban J connectivity index is 1.04.